The van der Waals surface area contributed by atoms with Crippen molar-refractivity contribution < 1.29 is 13.7 Å². The van der Waals surface area contributed by atoms with E-state index in [0.717, 1.165) is 4.47 Å². The molecule has 5 heteroatoms. The topological polar surface area (TPSA) is 43.4 Å². The van der Waals surface area contributed by atoms with Gasteiger partial charge >= 0.3 is 5.97 Å². The van der Waals surface area contributed by atoms with Crippen molar-refractivity contribution in [2.45, 2.75) is 24.0 Å². The van der Waals surface area contributed by atoms with Crippen molar-refractivity contribution in [1.29, 1.82) is 0 Å². The van der Waals surface area contributed by atoms with Crippen LogP contribution < -0.4 is 0 Å². The predicted octanol–water partition coefficient (Wildman–Crippen LogP) is 2.51. The number of rotatable bonds is 4. The van der Waals surface area contributed by atoms with E-state index in [9.17, 15) is 9.00 Å². The van der Waals surface area contributed by atoms with Crippen molar-refractivity contribution in [2.24, 2.45) is 0 Å². The van der Waals surface area contributed by atoms with Gasteiger partial charge in [0.2, 0.25) is 0 Å². The summed E-state index contributed by atoms with van der Waals surface area (Å²) in [4.78, 5) is 12.1. The Morgan fingerprint density at radius 2 is 2.12 bits per heavy atom. The number of carbonyl (C=O) groups is 1. The maximum atomic E-state index is 12.1. The van der Waals surface area contributed by atoms with Crippen LogP contribution in [-0.2, 0) is 20.3 Å². The molecule has 2 unspecified atom stereocenters. The molecule has 0 saturated heterocycles. The third kappa shape index (κ3) is 3.15. The molecule has 0 spiro atoms. The highest BCUT2D eigenvalue weighted by Crippen LogP contribution is 2.22. The lowest BCUT2D eigenvalue weighted by atomic mass is 10.4. The van der Waals surface area contributed by atoms with Crippen LogP contribution in [0.5, 0.6) is 0 Å². The number of hydrogen-bond acceptors (Lipinski definition) is 3. The van der Waals surface area contributed by atoms with Crippen LogP contribution in [0.3, 0.4) is 0 Å². The van der Waals surface area contributed by atoms with Crippen LogP contribution in [-0.4, -0.2) is 22.0 Å². The Morgan fingerprint density at radius 1 is 1.50 bits per heavy atom. The molecule has 0 aliphatic heterocycles. The van der Waals surface area contributed by atoms with Gasteiger partial charge in [-0.05, 0) is 41.9 Å². The summed E-state index contributed by atoms with van der Waals surface area (Å²) in [7, 11) is -1.39. The fourth-order valence-electron chi connectivity index (χ4n) is 1.15. The molecule has 0 saturated carbocycles. The van der Waals surface area contributed by atoms with Gasteiger partial charge in [0.1, 0.15) is 5.25 Å². The zero-order valence-corrected chi connectivity index (χ0v) is 11.5. The lowest BCUT2D eigenvalue weighted by Crippen LogP contribution is -2.25. The van der Waals surface area contributed by atoms with Crippen LogP contribution >= 0.6 is 15.9 Å². The van der Waals surface area contributed by atoms with Gasteiger partial charge in [-0.2, -0.15) is 0 Å². The van der Waals surface area contributed by atoms with E-state index >= 15 is 0 Å². The second kappa shape index (κ2) is 6.15. The number of esters is 1. The van der Waals surface area contributed by atoms with Crippen LogP contribution in [0, 0.1) is 0 Å². The third-order valence-corrected chi connectivity index (χ3v) is 4.57. The zero-order valence-electron chi connectivity index (χ0n) is 9.10. The maximum absolute atomic E-state index is 12.1. The van der Waals surface area contributed by atoms with E-state index in [4.69, 9.17) is 4.74 Å². The molecule has 0 heterocycles. The Balaban J connectivity index is 2.86. The fourth-order valence-corrected chi connectivity index (χ4v) is 3.01. The van der Waals surface area contributed by atoms with Gasteiger partial charge in [0, 0.05) is 4.47 Å². The quantitative estimate of drug-likeness (QED) is 0.803. The van der Waals surface area contributed by atoms with Crippen molar-refractivity contribution in [3.8, 4) is 0 Å². The molecule has 0 aliphatic carbocycles. The molecule has 0 N–H and O–H groups in total. The maximum Gasteiger partial charge on any atom is 0.321 e. The second-order valence-electron chi connectivity index (χ2n) is 3.12. The summed E-state index contributed by atoms with van der Waals surface area (Å²) in [6.45, 7) is 3.63. The van der Waals surface area contributed by atoms with E-state index < -0.39 is 22.0 Å². The molecule has 0 aliphatic rings. The molecule has 1 aromatic carbocycles. The van der Waals surface area contributed by atoms with Crippen molar-refractivity contribution >= 4 is 32.7 Å². The third-order valence-electron chi connectivity index (χ3n) is 1.99. The minimum absolute atomic E-state index is 0.302. The SMILES string of the molecule is CCOC(=O)C(C)S(=O)c1ccccc1Br. The van der Waals surface area contributed by atoms with E-state index in [1.54, 1.807) is 32.0 Å². The monoisotopic (exact) mass is 304 g/mol. The summed E-state index contributed by atoms with van der Waals surface area (Å²) < 4.78 is 17.6. The highest BCUT2D eigenvalue weighted by molar-refractivity contribution is 9.10. The predicted molar refractivity (Wildman–Crippen MR) is 66.6 cm³/mol. The molecule has 0 radical (unpaired) electrons. The Labute approximate surface area is 106 Å². The summed E-state index contributed by atoms with van der Waals surface area (Å²) in [5, 5.41) is -0.654. The average Bonchev–Trinajstić information content (AvgIpc) is 2.28. The van der Waals surface area contributed by atoms with Gasteiger partial charge in [0.25, 0.3) is 0 Å². The standard InChI is InChI=1S/C11H13BrO3S/c1-3-15-11(13)8(2)16(14)10-7-5-4-6-9(10)12/h4-8H,3H2,1-2H3. The minimum atomic E-state index is -1.39. The summed E-state index contributed by atoms with van der Waals surface area (Å²) >= 11 is 3.31. The van der Waals surface area contributed by atoms with Crippen LogP contribution in [0.1, 0.15) is 13.8 Å². The van der Waals surface area contributed by atoms with E-state index in [-0.39, 0.29) is 0 Å². The van der Waals surface area contributed by atoms with Crippen LogP contribution in [0.25, 0.3) is 0 Å². The number of hydrogen-bond donors (Lipinski definition) is 0. The van der Waals surface area contributed by atoms with Gasteiger partial charge in [-0.1, -0.05) is 12.1 Å². The van der Waals surface area contributed by atoms with Crippen molar-refractivity contribution in [3.05, 3.63) is 28.7 Å². The van der Waals surface area contributed by atoms with Crippen molar-refractivity contribution in [3.63, 3.8) is 0 Å². The van der Waals surface area contributed by atoms with Gasteiger partial charge in [-0.15, -0.1) is 0 Å². The first-order valence-corrected chi connectivity index (χ1v) is 6.90. The lowest BCUT2D eigenvalue weighted by molar-refractivity contribution is -0.142. The first-order chi connectivity index (χ1) is 7.57. The van der Waals surface area contributed by atoms with Crippen LogP contribution in [0.15, 0.2) is 33.6 Å². The van der Waals surface area contributed by atoms with Crippen LogP contribution in [0.2, 0.25) is 0 Å². The molecule has 3 nitrogen and oxygen atoms in total. The normalized spacial score (nSPS) is 14.2. The Hall–Kier alpha value is -0.680. The van der Waals surface area contributed by atoms with Crippen molar-refractivity contribution in [2.75, 3.05) is 6.61 Å². The van der Waals surface area contributed by atoms with Gasteiger partial charge in [-0.25, -0.2) is 0 Å². The fraction of sp³-hybridized carbons (Fsp3) is 0.364. The highest BCUT2D eigenvalue weighted by Gasteiger charge is 2.23. The molecular weight excluding hydrogens is 292 g/mol. The van der Waals surface area contributed by atoms with E-state index in [0.29, 0.717) is 11.5 Å². The van der Waals surface area contributed by atoms with E-state index in [1.165, 1.54) is 0 Å². The smallest absolute Gasteiger partial charge is 0.321 e. The second-order valence-corrected chi connectivity index (χ2v) is 5.72. The molecular formula is C11H13BrO3S. The largest absolute Gasteiger partial charge is 0.465 e. The summed E-state index contributed by atoms with van der Waals surface area (Å²) in [5.74, 6) is -0.434. The summed E-state index contributed by atoms with van der Waals surface area (Å²) in [6.07, 6.45) is 0. The first-order valence-electron chi connectivity index (χ1n) is 4.89. The minimum Gasteiger partial charge on any atom is -0.465 e. The van der Waals surface area contributed by atoms with Gasteiger partial charge in [-0.3, -0.25) is 9.00 Å². The van der Waals surface area contributed by atoms with Gasteiger partial charge in [0.05, 0.1) is 22.3 Å². The Bertz CT molecular complexity index is 406. The highest BCUT2D eigenvalue weighted by atomic mass is 79.9. The molecule has 0 amide bonds. The number of halogens is 1. The Morgan fingerprint density at radius 3 is 2.69 bits per heavy atom. The lowest BCUT2D eigenvalue weighted by Gasteiger charge is -2.11. The van der Waals surface area contributed by atoms with Crippen molar-refractivity contribution in [1.82, 2.24) is 0 Å². The molecule has 88 valence electrons. The number of benzene rings is 1. The molecule has 16 heavy (non-hydrogen) atoms. The number of carbonyl (C=O) groups excluding carboxylic acids is 1. The average molecular weight is 305 g/mol. The van der Waals surface area contributed by atoms with E-state index in [2.05, 4.69) is 15.9 Å². The molecule has 0 fully saturated rings. The molecule has 1 rings (SSSR count). The number of ether oxygens (including phenoxy) is 1. The van der Waals surface area contributed by atoms with Gasteiger partial charge < -0.3 is 4.74 Å². The zero-order chi connectivity index (χ0) is 12.1. The van der Waals surface area contributed by atoms with E-state index in [1.807, 2.05) is 6.07 Å². The molecule has 0 bridgehead atoms. The van der Waals surface area contributed by atoms with Gasteiger partial charge in [0.15, 0.2) is 0 Å². The molecule has 1 aromatic rings. The Kier molecular flexibility index (Phi) is 5.15. The summed E-state index contributed by atoms with van der Waals surface area (Å²) in [6, 6.07) is 7.15. The first kappa shape index (κ1) is 13.4. The molecule has 2 atom stereocenters. The summed E-state index contributed by atoms with van der Waals surface area (Å²) in [5.41, 5.74) is 0. The van der Waals surface area contributed by atoms with Crippen LogP contribution in [0.4, 0.5) is 0 Å². The molecule has 0 aromatic heterocycles.